The Kier molecular flexibility index (Phi) is 5.60. The lowest BCUT2D eigenvalue weighted by atomic mass is 10.1. The van der Waals surface area contributed by atoms with E-state index in [2.05, 4.69) is 5.32 Å². The molecule has 0 spiro atoms. The van der Waals surface area contributed by atoms with Crippen molar-refractivity contribution in [1.82, 2.24) is 5.32 Å². The standard InChI is InChI=1S/C17H17ClN2O3/c1-11-2-4-12(5-3-11)9-20-16(21)10-23-15-7-6-13(18)8-14(15)17(19)22/h2-8H,9-10H2,1H3,(H2,19,22)(H,20,21). The summed E-state index contributed by atoms with van der Waals surface area (Å²) in [5.41, 5.74) is 7.55. The van der Waals surface area contributed by atoms with Gasteiger partial charge >= 0.3 is 0 Å². The van der Waals surface area contributed by atoms with Crippen molar-refractivity contribution in [2.24, 2.45) is 5.73 Å². The molecule has 0 saturated carbocycles. The summed E-state index contributed by atoms with van der Waals surface area (Å²) < 4.78 is 5.35. The molecular formula is C17H17ClN2O3. The second-order valence-corrected chi connectivity index (χ2v) is 5.49. The Labute approximate surface area is 139 Å². The van der Waals surface area contributed by atoms with Crippen LogP contribution in [0.3, 0.4) is 0 Å². The third-order valence-electron chi connectivity index (χ3n) is 3.18. The molecule has 0 unspecified atom stereocenters. The minimum Gasteiger partial charge on any atom is -0.483 e. The first-order valence-corrected chi connectivity index (χ1v) is 7.38. The first-order valence-electron chi connectivity index (χ1n) is 7.00. The number of primary amides is 1. The van der Waals surface area contributed by atoms with Gasteiger partial charge in [0.05, 0.1) is 5.56 Å². The smallest absolute Gasteiger partial charge is 0.258 e. The maximum absolute atomic E-state index is 11.8. The van der Waals surface area contributed by atoms with Gasteiger partial charge in [-0.2, -0.15) is 0 Å². The van der Waals surface area contributed by atoms with Gasteiger partial charge in [0, 0.05) is 11.6 Å². The summed E-state index contributed by atoms with van der Waals surface area (Å²) >= 11 is 5.81. The number of rotatable bonds is 6. The topological polar surface area (TPSA) is 81.4 Å². The summed E-state index contributed by atoms with van der Waals surface area (Å²) in [5.74, 6) is -0.731. The minimum atomic E-state index is -0.664. The highest BCUT2D eigenvalue weighted by Crippen LogP contribution is 2.22. The van der Waals surface area contributed by atoms with Crippen molar-refractivity contribution in [3.05, 3.63) is 64.2 Å². The highest BCUT2D eigenvalue weighted by molar-refractivity contribution is 6.31. The van der Waals surface area contributed by atoms with E-state index in [0.717, 1.165) is 11.1 Å². The molecule has 0 aliphatic rings. The Bertz CT molecular complexity index is 714. The van der Waals surface area contributed by atoms with Gasteiger partial charge in [-0.05, 0) is 30.7 Å². The number of carbonyl (C=O) groups is 2. The van der Waals surface area contributed by atoms with E-state index in [9.17, 15) is 9.59 Å². The zero-order chi connectivity index (χ0) is 16.8. The molecule has 0 aromatic heterocycles. The molecule has 0 atom stereocenters. The first kappa shape index (κ1) is 16.8. The van der Waals surface area contributed by atoms with E-state index in [-0.39, 0.29) is 23.8 Å². The van der Waals surface area contributed by atoms with Gasteiger partial charge < -0.3 is 15.8 Å². The Morgan fingerprint density at radius 1 is 1.17 bits per heavy atom. The SMILES string of the molecule is Cc1ccc(CNC(=O)COc2ccc(Cl)cc2C(N)=O)cc1. The van der Waals surface area contributed by atoms with Gasteiger partial charge in [-0.3, -0.25) is 9.59 Å². The monoisotopic (exact) mass is 332 g/mol. The fraction of sp³-hybridized carbons (Fsp3) is 0.176. The van der Waals surface area contributed by atoms with Gasteiger partial charge in [-0.1, -0.05) is 41.4 Å². The quantitative estimate of drug-likeness (QED) is 0.852. The molecular weight excluding hydrogens is 316 g/mol. The molecule has 23 heavy (non-hydrogen) atoms. The van der Waals surface area contributed by atoms with Crippen LogP contribution in [0.25, 0.3) is 0 Å². The average Bonchev–Trinajstić information content (AvgIpc) is 2.53. The second kappa shape index (κ2) is 7.65. The number of halogens is 1. The maximum atomic E-state index is 11.8. The largest absolute Gasteiger partial charge is 0.483 e. The number of carbonyl (C=O) groups excluding carboxylic acids is 2. The zero-order valence-electron chi connectivity index (χ0n) is 12.6. The summed E-state index contributed by atoms with van der Waals surface area (Å²) in [6.07, 6.45) is 0. The molecule has 2 aromatic rings. The van der Waals surface area contributed by atoms with Crippen LogP contribution >= 0.6 is 11.6 Å². The van der Waals surface area contributed by atoms with Gasteiger partial charge in [-0.15, -0.1) is 0 Å². The molecule has 0 fully saturated rings. The van der Waals surface area contributed by atoms with Crippen LogP contribution in [-0.4, -0.2) is 18.4 Å². The van der Waals surface area contributed by atoms with E-state index >= 15 is 0 Å². The summed E-state index contributed by atoms with van der Waals surface area (Å²) in [4.78, 5) is 23.2. The van der Waals surface area contributed by atoms with Crippen molar-refractivity contribution in [2.45, 2.75) is 13.5 Å². The van der Waals surface area contributed by atoms with Crippen molar-refractivity contribution in [2.75, 3.05) is 6.61 Å². The lowest BCUT2D eigenvalue weighted by Gasteiger charge is -2.10. The van der Waals surface area contributed by atoms with Crippen molar-refractivity contribution < 1.29 is 14.3 Å². The number of hydrogen-bond acceptors (Lipinski definition) is 3. The average molecular weight is 333 g/mol. The van der Waals surface area contributed by atoms with Gasteiger partial charge in [-0.25, -0.2) is 0 Å². The van der Waals surface area contributed by atoms with Crippen LogP contribution in [0.2, 0.25) is 5.02 Å². The molecule has 2 aromatic carbocycles. The number of hydrogen-bond donors (Lipinski definition) is 2. The molecule has 2 amide bonds. The lowest BCUT2D eigenvalue weighted by Crippen LogP contribution is -2.28. The predicted molar refractivity (Wildman–Crippen MR) is 88.5 cm³/mol. The van der Waals surface area contributed by atoms with Gasteiger partial charge in [0.2, 0.25) is 0 Å². The van der Waals surface area contributed by atoms with E-state index < -0.39 is 5.91 Å². The van der Waals surface area contributed by atoms with Crippen LogP contribution in [0, 0.1) is 6.92 Å². The molecule has 0 bridgehead atoms. The van der Waals surface area contributed by atoms with Crippen LogP contribution in [0.1, 0.15) is 21.5 Å². The zero-order valence-corrected chi connectivity index (χ0v) is 13.4. The predicted octanol–water partition coefficient (Wildman–Crippen LogP) is 2.44. The maximum Gasteiger partial charge on any atom is 0.258 e. The molecule has 0 aliphatic carbocycles. The Morgan fingerprint density at radius 2 is 1.87 bits per heavy atom. The van der Waals surface area contributed by atoms with Crippen LogP contribution in [0.4, 0.5) is 0 Å². The fourth-order valence-electron chi connectivity index (χ4n) is 1.92. The van der Waals surface area contributed by atoms with Crippen LogP contribution in [0.15, 0.2) is 42.5 Å². The van der Waals surface area contributed by atoms with Crippen molar-refractivity contribution in [1.29, 1.82) is 0 Å². The van der Waals surface area contributed by atoms with Gasteiger partial charge in [0.15, 0.2) is 6.61 Å². The first-order chi connectivity index (χ1) is 11.0. The molecule has 0 radical (unpaired) electrons. The van der Waals surface area contributed by atoms with Gasteiger partial charge in [0.1, 0.15) is 5.75 Å². The summed E-state index contributed by atoms with van der Waals surface area (Å²) in [6, 6.07) is 12.3. The minimum absolute atomic E-state index is 0.142. The molecule has 6 heteroatoms. The third-order valence-corrected chi connectivity index (χ3v) is 3.41. The number of benzene rings is 2. The van der Waals surface area contributed by atoms with Crippen LogP contribution < -0.4 is 15.8 Å². The number of nitrogens with two attached hydrogens (primary N) is 1. The number of aryl methyl sites for hydroxylation is 1. The second-order valence-electron chi connectivity index (χ2n) is 5.06. The molecule has 0 heterocycles. The number of nitrogens with one attached hydrogen (secondary N) is 1. The summed E-state index contributed by atoms with van der Waals surface area (Å²) in [6.45, 7) is 2.19. The van der Waals surface area contributed by atoms with Crippen molar-refractivity contribution in [3.8, 4) is 5.75 Å². The van der Waals surface area contributed by atoms with E-state index in [1.807, 2.05) is 31.2 Å². The third kappa shape index (κ3) is 5.00. The molecule has 0 saturated heterocycles. The highest BCUT2D eigenvalue weighted by Gasteiger charge is 2.12. The molecule has 0 aliphatic heterocycles. The Hall–Kier alpha value is -2.53. The Balaban J connectivity index is 1.89. The van der Waals surface area contributed by atoms with Crippen molar-refractivity contribution >= 4 is 23.4 Å². The van der Waals surface area contributed by atoms with E-state index in [0.29, 0.717) is 11.6 Å². The van der Waals surface area contributed by atoms with E-state index in [4.69, 9.17) is 22.1 Å². The molecule has 2 rings (SSSR count). The fourth-order valence-corrected chi connectivity index (χ4v) is 2.09. The van der Waals surface area contributed by atoms with Crippen LogP contribution in [0.5, 0.6) is 5.75 Å². The van der Waals surface area contributed by atoms with Crippen LogP contribution in [-0.2, 0) is 11.3 Å². The molecule has 3 N–H and O–H groups in total. The van der Waals surface area contributed by atoms with Gasteiger partial charge in [0.25, 0.3) is 11.8 Å². The molecule has 5 nitrogen and oxygen atoms in total. The highest BCUT2D eigenvalue weighted by atomic mass is 35.5. The summed E-state index contributed by atoms with van der Waals surface area (Å²) in [7, 11) is 0. The number of amides is 2. The van der Waals surface area contributed by atoms with E-state index in [1.54, 1.807) is 6.07 Å². The molecule has 120 valence electrons. The lowest BCUT2D eigenvalue weighted by molar-refractivity contribution is -0.123. The van der Waals surface area contributed by atoms with E-state index in [1.165, 1.54) is 12.1 Å². The van der Waals surface area contributed by atoms with Crippen molar-refractivity contribution in [3.63, 3.8) is 0 Å². The summed E-state index contributed by atoms with van der Waals surface area (Å²) in [5, 5.41) is 3.11. The normalized spacial score (nSPS) is 10.2. The number of ether oxygens (including phenoxy) is 1. The Morgan fingerprint density at radius 3 is 2.52 bits per heavy atom.